The minimum Gasteiger partial charge on any atom is -0.489 e. The number of aromatic amines is 1. The molecule has 2 amide bonds. The topological polar surface area (TPSA) is 115 Å². The van der Waals surface area contributed by atoms with Crippen molar-refractivity contribution in [3.63, 3.8) is 0 Å². The Labute approximate surface area is 209 Å². The van der Waals surface area contributed by atoms with Gasteiger partial charge >= 0.3 is 0 Å². The number of carbonyl (C=O) groups excluding carboxylic acids is 2. The second kappa shape index (κ2) is 8.63. The van der Waals surface area contributed by atoms with E-state index in [1.54, 1.807) is 22.2 Å². The quantitative estimate of drug-likeness (QED) is 0.607. The lowest BCUT2D eigenvalue weighted by Crippen LogP contribution is -2.48. The molecule has 1 aliphatic carbocycles. The van der Waals surface area contributed by atoms with E-state index in [1.165, 1.54) is 0 Å². The number of anilines is 1. The number of nitriles is 1. The van der Waals surface area contributed by atoms with Crippen molar-refractivity contribution in [3.8, 4) is 11.8 Å². The van der Waals surface area contributed by atoms with E-state index in [0.717, 1.165) is 47.1 Å². The number of pyridine rings is 1. The molecular formula is C27H28N6O3. The molecule has 184 valence electrons. The number of ether oxygens (including phenoxy) is 1. The van der Waals surface area contributed by atoms with Crippen LogP contribution in [-0.2, 0) is 15.0 Å². The van der Waals surface area contributed by atoms with Crippen LogP contribution in [0.2, 0.25) is 0 Å². The number of benzene rings is 1. The number of rotatable bonds is 4. The van der Waals surface area contributed by atoms with Crippen LogP contribution in [0.1, 0.15) is 49.7 Å². The third-order valence-corrected chi connectivity index (χ3v) is 8.05. The van der Waals surface area contributed by atoms with Crippen molar-refractivity contribution in [3.05, 3.63) is 47.8 Å². The molecule has 0 bridgehead atoms. The Hall–Kier alpha value is -3.93. The maximum Gasteiger partial charge on any atom is 0.243 e. The summed E-state index contributed by atoms with van der Waals surface area (Å²) in [6.07, 6.45) is 7.70. The van der Waals surface area contributed by atoms with Crippen LogP contribution in [0.3, 0.4) is 0 Å². The third-order valence-electron chi connectivity index (χ3n) is 8.05. The van der Waals surface area contributed by atoms with E-state index in [0.29, 0.717) is 31.6 Å². The molecule has 3 aromatic rings. The van der Waals surface area contributed by atoms with Gasteiger partial charge in [0.15, 0.2) is 5.65 Å². The number of nitrogens with zero attached hydrogens (tertiary/aromatic N) is 5. The predicted molar refractivity (Wildman–Crippen MR) is 132 cm³/mol. The average Bonchev–Trinajstić information content (AvgIpc) is 3.60. The first-order valence-electron chi connectivity index (χ1n) is 12.6. The summed E-state index contributed by atoms with van der Waals surface area (Å²) in [6, 6.07) is 9.69. The number of carbonyl (C=O) groups is 2. The van der Waals surface area contributed by atoms with E-state index in [4.69, 9.17) is 4.74 Å². The summed E-state index contributed by atoms with van der Waals surface area (Å²) in [4.78, 5) is 34.8. The highest BCUT2D eigenvalue weighted by atomic mass is 16.5. The van der Waals surface area contributed by atoms with Gasteiger partial charge in [0.2, 0.25) is 11.8 Å². The lowest BCUT2D eigenvalue weighted by molar-refractivity contribution is -0.132. The van der Waals surface area contributed by atoms with Gasteiger partial charge in [0.25, 0.3) is 0 Å². The van der Waals surface area contributed by atoms with Crippen LogP contribution >= 0.6 is 0 Å². The standard InChI is InChI=1S/C27H28N6O3/c1-17-4-2-6-22-24(17)27(26(35)33(22)16-23(34)32-11-3-5-19(32)13-28)9-7-20(8-10-27)36-21-12-18-14-30-31-25(18)29-15-21/h2,4,6,12,14-15,19-20H,3,5,7-11,16H2,1H3,(H,29,30,31)/t19-,20?,27?/m0/s1. The van der Waals surface area contributed by atoms with Crippen LogP contribution in [0.15, 0.2) is 36.7 Å². The monoisotopic (exact) mass is 484 g/mol. The van der Waals surface area contributed by atoms with Gasteiger partial charge in [-0.2, -0.15) is 10.4 Å². The van der Waals surface area contributed by atoms with Gasteiger partial charge in [-0.1, -0.05) is 12.1 Å². The van der Waals surface area contributed by atoms with Gasteiger partial charge in [0.1, 0.15) is 18.3 Å². The van der Waals surface area contributed by atoms with Gasteiger partial charge in [0.05, 0.1) is 30.0 Å². The highest BCUT2D eigenvalue weighted by molar-refractivity contribution is 6.11. The SMILES string of the molecule is Cc1cccc2c1C1(CCC(Oc3cnc4[nH]ncc4c3)CC1)C(=O)N2CC(=O)N1CCC[C@H]1C#N. The molecule has 36 heavy (non-hydrogen) atoms. The minimum absolute atomic E-state index is 0.00668. The first-order valence-corrected chi connectivity index (χ1v) is 12.6. The Kier molecular flexibility index (Phi) is 5.40. The highest BCUT2D eigenvalue weighted by Gasteiger charge is 2.53. The molecule has 9 nitrogen and oxygen atoms in total. The van der Waals surface area contributed by atoms with Crippen molar-refractivity contribution in [2.75, 3.05) is 18.0 Å². The zero-order valence-electron chi connectivity index (χ0n) is 20.2. The summed E-state index contributed by atoms with van der Waals surface area (Å²) >= 11 is 0. The normalized spacial score (nSPS) is 25.4. The minimum atomic E-state index is -0.646. The van der Waals surface area contributed by atoms with E-state index in [9.17, 15) is 14.9 Å². The molecule has 2 fully saturated rings. The van der Waals surface area contributed by atoms with Gasteiger partial charge in [0, 0.05) is 17.6 Å². The summed E-state index contributed by atoms with van der Waals surface area (Å²) in [5.74, 6) is 0.535. The smallest absolute Gasteiger partial charge is 0.243 e. The number of aromatic nitrogens is 3. The first kappa shape index (κ1) is 22.5. The average molecular weight is 485 g/mol. The number of fused-ring (bicyclic) bond motifs is 3. The summed E-state index contributed by atoms with van der Waals surface area (Å²) < 4.78 is 6.25. The van der Waals surface area contributed by atoms with Crippen LogP contribution in [0.4, 0.5) is 5.69 Å². The maximum absolute atomic E-state index is 14.0. The van der Waals surface area contributed by atoms with E-state index < -0.39 is 11.5 Å². The number of nitrogens with one attached hydrogen (secondary N) is 1. The Morgan fingerprint density at radius 1 is 1.28 bits per heavy atom. The number of amides is 2. The largest absolute Gasteiger partial charge is 0.489 e. The van der Waals surface area contributed by atoms with Gasteiger partial charge in [-0.25, -0.2) is 4.98 Å². The molecule has 1 aromatic carbocycles. The van der Waals surface area contributed by atoms with Crippen molar-refractivity contribution >= 4 is 28.5 Å². The highest BCUT2D eigenvalue weighted by Crippen LogP contribution is 2.51. The molecule has 1 atom stereocenters. The summed E-state index contributed by atoms with van der Waals surface area (Å²) in [5, 5.41) is 17.2. The Balaban J connectivity index is 1.22. The van der Waals surface area contributed by atoms with Crippen LogP contribution in [0, 0.1) is 18.3 Å². The fraction of sp³-hybridized carbons (Fsp3) is 0.444. The van der Waals surface area contributed by atoms with Gasteiger partial charge in [-0.15, -0.1) is 0 Å². The molecule has 4 heterocycles. The van der Waals surface area contributed by atoms with Crippen LogP contribution in [-0.4, -0.2) is 57.1 Å². The second-order valence-corrected chi connectivity index (χ2v) is 10.1. The first-order chi connectivity index (χ1) is 17.5. The maximum atomic E-state index is 14.0. The molecule has 6 rings (SSSR count). The molecule has 0 radical (unpaired) electrons. The Bertz CT molecular complexity index is 1380. The summed E-state index contributed by atoms with van der Waals surface area (Å²) in [7, 11) is 0. The van der Waals surface area contributed by atoms with Crippen LogP contribution in [0.25, 0.3) is 11.0 Å². The van der Waals surface area contributed by atoms with Gasteiger partial charge < -0.3 is 14.5 Å². The molecular weight excluding hydrogens is 456 g/mol. The number of likely N-dealkylation sites (tertiary alicyclic amines) is 1. The van der Waals surface area contributed by atoms with Gasteiger partial charge in [-0.05, 0) is 68.7 Å². The van der Waals surface area contributed by atoms with Gasteiger partial charge in [-0.3, -0.25) is 14.7 Å². The molecule has 2 aliphatic heterocycles. The number of aryl methyl sites for hydroxylation is 1. The van der Waals surface area contributed by atoms with Crippen molar-refractivity contribution in [2.45, 2.75) is 63.0 Å². The van der Waals surface area contributed by atoms with E-state index in [1.807, 2.05) is 31.2 Å². The predicted octanol–water partition coefficient (Wildman–Crippen LogP) is 3.39. The molecule has 1 N–H and O–H groups in total. The van der Waals surface area contributed by atoms with Crippen molar-refractivity contribution in [2.24, 2.45) is 0 Å². The molecule has 1 saturated carbocycles. The fourth-order valence-corrected chi connectivity index (χ4v) is 6.30. The van der Waals surface area contributed by atoms with E-state index in [2.05, 4.69) is 21.3 Å². The molecule has 0 unspecified atom stereocenters. The molecule has 2 aromatic heterocycles. The molecule has 1 saturated heterocycles. The van der Waals surface area contributed by atoms with E-state index >= 15 is 0 Å². The van der Waals surface area contributed by atoms with Crippen molar-refractivity contribution < 1.29 is 14.3 Å². The third kappa shape index (κ3) is 3.51. The second-order valence-electron chi connectivity index (χ2n) is 10.1. The zero-order valence-corrected chi connectivity index (χ0v) is 20.2. The number of H-pyrrole nitrogens is 1. The lowest BCUT2D eigenvalue weighted by atomic mass is 9.68. The molecule has 3 aliphatic rings. The van der Waals surface area contributed by atoms with E-state index in [-0.39, 0.29) is 24.5 Å². The fourth-order valence-electron chi connectivity index (χ4n) is 6.30. The number of hydrogen-bond acceptors (Lipinski definition) is 6. The zero-order chi connectivity index (χ0) is 24.9. The Morgan fingerprint density at radius 2 is 2.11 bits per heavy atom. The Morgan fingerprint density at radius 3 is 2.92 bits per heavy atom. The summed E-state index contributed by atoms with van der Waals surface area (Å²) in [6.45, 7) is 2.59. The van der Waals surface area contributed by atoms with Crippen LogP contribution < -0.4 is 9.64 Å². The van der Waals surface area contributed by atoms with Crippen LogP contribution in [0.5, 0.6) is 5.75 Å². The molecule has 9 heteroatoms. The lowest BCUT2D eigenvalue weighted by Gasteiger charge is -2.37. The number of hydrogen-bond donors (Lipinski definition) is 1. The van der Waals surface area contributed by atoms with Crippen molar-refractivity contribution in [1.82, 2.24) is 20.1 Å². The summed E-state index contributed by atoms with van der Waals surface area (Å²) in [5.41, 5.74) is 3.02. The van der Waals surface area contributed by atoms with Crippen molar-refractivity contribution in [1.29, 1.82) is 5.26 Å². The molecule has 1 spiro atoms.